The van der Waals surface area contributed by atoms with Gasteiger partial charge in [0.15, 0.2) is 5.82 Å². The summed E-state index contributed by atoms with van der Waals surface area (Å²) in [5, 5.41) is 0.896. The fourth-order valence-corrected chi connectivity index (χ4v) is 6.88. The zero-order valence-corrected chi connectivity index (χ0v) is 15.7. The van der Waals surface area contributed by atoms with Crippen molar-refractivity contribution in [3.63, 3.8) is 0 Å². The van der Waals surface area contributed by atoms with Crippen LogP contribution in [0.4, 0.5) is 0 Å². The lowest BCUT2D eigenvalue weighted by Crippen LogP contribution is -3.16. The molecule has 2 fully saturated rings. The highest BCUT2D eigenvalue weighted by atomic mass is 32.1. The summed E-state index contributed by atoms with van der Waals surface area (Å²) in [5.74, 6) is 1.82. The molecule has 0 amide bonds. The van der Waals surface area contributed by atoms with Gasteiger partial charge in [0.05, 0.1) is 18.0 Å². The van der Waals surface area contributed by atoms with E-state index in [0.717, 1.165) is 47.4 Å². The van der Waals surface area contributed by atoms with E-state index in [-0.39, 0.29) is 5.56 Å². The van der Waals surface area contributed by atoms with Crippen LogP contribution in [0.1, 0.15) is 67.6 Å². The second kappa shape index (κ2) is 6.51. The second-order valence-electron chi connectivity index (χ2n) is 8.28. The Morgan fingerprint density at radius 3 is 2.88 bits per heavy atom. The van der Waals surface area contributed by atoms with Gasteiger partial charge < -0.3 is 9.88 Å². The summed E-state index contributed by atoms with van der Waals surface area (Å²) in [5.41, 5.74) is 1.40. The van der Waals surface area contributed by atoms with Gasteiger partial charge in [-0.05, 0) is 63.4 Å². The number of likely N-dealkylation sites (tertiary alicyclic amines) is 1. The number of H-pyrrole nitrogens is 1. The van der Waals surface area contributed by atoms with Crippen molar-refractivity contribution in [3.05, 3.63) is 26.6 Å². The Balaban J connectivity index is 1.46. The van der Waals surface area contributed by atoms with Gasteiger partial charge in [-0.3, -0.25) is 4.79 Å². The van der Waals surface area contributed by atoms with Gasteiger partial charge in [-0.2, -0.15) is 0 Å². The molecule has 3 atom stereocenters. The van der Waals surface area contributed by atoms with Crippen molar-refractivity contribution >= 4 is 21.6 Å². The zero-order chi connectivity index (χ0) is 16.8. The number of aromatic amines is 1. The molecule has 2 aliphatic carbocycles. The molecule has 4 nitrogen and oxygen atoms in total. The largest absolute Gasteiger partial charge is 0.326 e. The molecule has 25 heavy (non-hydrogen) atoms. The van der Waals surface area contributed by atoms with E-state index in [1.54, 1.807) is 16.2 Å². The van der Waals surface area contributed by atoms with Crippen LogP contribution in [0.3, 0.4) is 0 Å². The van der Waals surface area contributed by atoms with E-state index in [0.29, 0.717) is 0 Å². The van der Waals surface area contributed by atoms with Crippen molar-refractivity contribution < 1.29 is 4.90 Å². The number of rotatable bonds is 2. The van der Waals surface area contributed by atoms with Gasteiger partial charge in [-0.1, -0.05) is 6.42 Å². The van der Waals surface area contributed by atoms with E-state index >= 15 is 0 Å². The topological polar surface area (TPSA) is 50.2 Å². The highest BCUT2D eigenvalue weighted by Crippen LogP contribution is 2.33. The number of hydrogen-bond donors (Lipinski definition) is 2. The van der Waals surface area contributed by atoms with Crippen LogP contribution in [0.25, 0.3) is 10.2 Å². The van der Waals surface area contributed by atoms with Gasteiger partial charge in [0.25, 0.3) is 5.56 Å². The van der Waals surface area contributed by atoms with E-state index in [2.05, 4.69) is 4.98 Å². The highest BCUT2D eigenvalue weighted by Gasteiger charge is 2.36. The number of piperidine rings is 1. The molecule has 1 aliphatic heterocycles. The van der Waals surface area contributed by atoms with Crippen LogP contribution < -0.4 is 10.5 Å². The van der Waals surface area contributed by atoms with E-state index in [1.807, 2.05) is 0 Å². The molecule has 5 heteroatoms. The van der Waals surface area contributed by atoms with Gasteiger partial charge >= 0.3 is 0 Å². The highest BCUT2D eigenvalue weighted by molar-refractivity contribution is 7.18. The first-order chi connectivity index (χ1) is 12.3. The number of nitrogens with zero attached hydrogens (tertiary/aromatic N) is 1. The minimum absolute atomic E-state index is 0.107. The van der Waals surface area contributed by atoms with Crippen LogP contribution in [0.2, 0.25) is 0 Å². The maximum atomic E-state index is 12.8. The third-order valence-electron chi connectivity index (χ3n) is 6.77. The molecule has 5 rings (SSSR count). The molecule has 2 aromatic rings. The third kappa shape index (κ3) is 2.85. The van der Waals surface area contributed by atoms with E-state index in [4.69, 9.17) is 4.98 Å². The molecule has 3 aliphatic rings. The van der Waals surface area contributed by atoms with Crippen molar-refractivity contribution in [1.29, 1.82) is 0 Å². The number of quaternary nitrogens is 1. The van der Waals surface area contributed by atoms with Crippen molar-refractivity contribution in [2.75, 3.05) is 6.54 Å². The standard InChI is InChI=1S/C20H27N3OS/c24-19-18-14-8-2-4-10-16(14)25-20(18)22-17(21-19)12-23-11-5-7-13-6-1-3-9-15(13)23/h13,15H,1-12H2,(H,21,22,24)/p+1/t13-,15+/m1/s1. The average Bonchev–Trinajstić information content (AvgIpc) is 3.01. The average molecular weight is 359 g/mol. The maximum Gasteiger partial charge on any atom is 0.260 e. The first-order valence-electron chi connectivity index (χ1n) is 10.2. The summed E-state index contributed by atoms with van der Waals surface area (Å²) in [6.45, 7) is 2.14. The molecule has 0 bridgehead atoms. The fourth-order valence-electron chi connectivity index (χ4n) is 5.59. The number of hydrogen-bond acceptors (Lipinski definition) is 3. The Bertz CT molecular complexity index is 837. The second-order valence-corrected chi connectivity index (χ2v) is 9.37. The molecule has 0 radical (unpaired) electrons. The van der Waals surface area contributed by atoms with Crippen molar-refractivity contribution in [2.24, 2.45) is 5.92 Å². The zero-order valence-electron chi connectivity index (χ0n) is 14.9. The lowest BCUT2D eigenvalue weighted by atomic mass is 9.78. The molecular formula is C20H28N3OS+. The molecule has 1 unspecified atom stereocenters. The van der Waals surface area contributed by atoms with Gasteiger partial charge in [-0.25, -0.2) is 4.98 Å². The lowest BCUT2D eigenvalue weighted by molar-refractivity contribution is -0.949. The third-order valence-corrected chi connectivity index (χ3v) is 7.96. The quantitative estimate of drug-likeness (QED) is 0.867. The summed E-state index contributed by atoms with van der Waals surface area (Å²) in [4.78, 5) is 24.9. The lowest BCUT2D eigenvalue weighted by Gasteiger charge is -2.40. The first kappa shape index (κ1) is 16.0. The molecule has 2 N–H and O–H groups in total. The number of aromatic nitrogens is 2. The van der Waals surface area contributed by atoms with Gasteiger partial charge in [0.1, 0.15) is 11.4 Å². The van der Waals surface area contributed by atoms with Gasteiger partial charge in [0, 0.05) is 10.8 Å². The van der Waals surface area contributed by atoms with Crippen molar-refractivity contribution in [3.8, 4) is 0 Å². The normalized spacial score (nSPS) is 29.4. The summed E-state index contributed by atoms with van der Waals surface area (Å²) >= 11 is 1.77. The minimum atomic E-state index is 0.107. The maximum absolute atomic E-state index is 12.8. The molecule has 0 aromatic carbocycles. The molecule has 2 aromatic heterocycles. The number of nitrogens with one attached hydrogen (secondary N) is 2. The van der Waals surface area contributed by atoms with Crippen LogP contribution in [-0.4, -0.2) is 22.6 Å². The summed E-state index contributed by atoms with van der Waals surface area (Å²) in [6, 6.07) is 0.792. The van der Waals surface area contributed by atoms with E-state index in [1.165, 1.54) is 68.4 Å². The monoisotopic (exact) mass is 358 g/mol. The Kier molecular flexibility index (Phi) is 4.17. The molecule has 1 saturated carbocycles. The molecule has 1 saturated heterocycles. The van der Waals surface area contributed by atoms with Crippen LogP contribution in [0.15, 0.2) is 4.79 Å². The Labute approximate surface area is 152 Å². The predicted octanol–water partition coefficient (Wildman–Crippen LogP) is 2.60. The van der Waals surface area contributed by atoms with Crippen LogP contribution >= 0.6 is 11.3 Å². The first-order valence-corrected chi connectivity index (χ1v) is 11.0. The fraction of sp³-hybridized carbons (Fsp3) is 0.700. The number of aryl methyl sites for hydroxylation is 2. The predicted molar refractivity (Wildman–Crippen MR) is 101 cm³/mol. The Morgan fingerprint density at radius 2 is 1.92 bits per heavy atom. The number of thiophene rings is 1. The van der Waals surface area contributed by atoms with Gasteiger partial charge in [0.2, 0.25) is 0 Å². The number of fused-ring (bicyclic) bond motifs is 4. The summed E-state index contributed by atoms with van der Waals surface area (Å²) in [6.07, 6.45) is 13.0. The van der Waals surface area contributed by atoms with Crippen molar-refractivity contribution in [2.45, 2.75) is 76.8 Å². The smallest absolute Gasteiger partial charge is 0.260 e. The Morgan fingerprint density at radius 1 is 1.08 bits per heavy atom. The molecule has 134 valence electrons. The van der Waals surface area contributed by atoms with Crippen LogP contribution in [0.5, 0.6) is 0 Å². The van der Waals surface area contributed by atoms with E-state index in [9.17, 15) is 4.79 Å². The van der Waals surface area contributed by atoms with E-state index < -0.39 is 0 Å². The van der Waals surface area contributed by atoms with Crippen LogP contribution in [-0.2, 0) is 19.4 Å². The molecule has 3 heterocycles. The summed E-state index contributed by atoms with van der Waals surface area (Å²) < 4.78 is 0. The molecule has 0 spiro atoms. The Hall–Kier alpha value is -1.20. The van der Waals surface area contributed by atoms with Crippen LogP contribution in [0, 0.1) is 5.92 Å². The minimum Gasteiger partial charge on any atom is -0.326 e. The van der Waals surface area contributed by atoms with Crippen molar-refractivity contribution in [1.82, 2.24) is 9.97 Å². The SMILES string of the molecule is O=c1[nH]c(C[NH+]2CCC[C@H]3CCCC[C@@H]32)nc2sc3c(c12)CCCC3. The summed E-state index contributed by atoms with van der Waals surface area (Å²) in [7, 11) is 0. The van der Waals surface area contributed by atoms with Gasteiger partial charge in [-0.15, -0.1) is 11.3 Å². The molecular weight excluding hydrogens is 330 g/mol.